The van der Waals surface area contributed by atoms with E-state index in [1.165, 1.54) is 15.6 Å². The summed E-state index contributed by atoms with van der Waals surface area (Å²) in [4.78, 5) is 0. The lowest BCUT2D eigenvalue weighted by Gasteiger charge is -1.95. The maximum atomic E-state index is 5.67. The molecule has 2 nitrogen and oxygen atoms in total. The Morgan fingerprint density at radius 2 is 2.17 bits per heavy atom. The zero-order valence-corrected chi connectivity index (χ0v) is 7.40. The van der Waals surface area contributed by atoms with Crippen molar-refractivity contribution in [1.29, 1.82) is 0 Å². The molecule has 0 saturated heterocycles. The van der Waals surface area contributed by atoms with Gasteiger partial charge >= 0.3 is 0 Å². The summed E-state index contributed by atoms with van der Waals surface area (Å²) >= 11 is 1.71. The lowest BCUT2D eigenvalue weighted by Crippen LogP contribution is -1.94. The van der Waals surface area contributed by atoms with Crippen LogP contribution >= 0.6 is 11.3 Å². The molecule has 0 aliphatic rings. The van der Waals surface area contributed by atoms with Crippen molar-refractivity contribution in [1.82, 2.24) is 0 Å². The smallest absolute Gasteiger partial charge is 0.0347 e. The molecule has 3 heteroatoms. The molecule has 4 N–H and O–H groups in total. The van der Waals surface area contributed by atoms with Gasteiger partial charge in [0.1, 0.15) is 0 Å². The van der Waals surface area contributed by atoms with Crippen LogP contribution in [0.15, 0.2) is 23.6 Å². The summed E-state index contributed by atoms with van der Waals surface area (Å²) in [7, 11) is 0. The Hall–Kier alpha value is -1.06. The fraction of sp³-hybridized carbons (Fsp3) is 0.111. The molecule has 1 heterocycles. The Bertz CT molecular complexity index is 406. The molecule has 0 spiro atoms. The Kier molecular flexibility index (Phi) is 1.75. The number of hydrogen-bond acceptors (Lipinski definition) is 3. The van der Waals surface area contributed by atoms with Crippen molar-refractivity contribution in [3.05, 3.63) is 29.1 Å². The molecule has 2 aromatic rings. The molecular weight excluding hydrogens is 168 g/mol. The highest BCUT2D eigenvalue weighted by Crippen LogP contribution is 2.27. The van der Waals surface area contributed by atoms with Crippen molar-refractivity contribution in [3.8, 4) is 0 Å². The van der Waals surface area contributed by atoms with Crippen LogP contribution in [0.2, 0.25) is 0 Å². The van der Waals surface area contributed by atoms with Gasteiger partial charge in [-0.2, -0.15) is 0 Å². The first-order valence-corrected chi connectivity index (χ1v) is 4.65. The van der Waals surface area contributed by atoms with Crippen molar-refractivity contribution in [2.75, 3.05) is 5.73 Å². The van der Waals surface area contributed by atoms with Crippen LogP contribution in [0.25, 0.3) is 10.1 Å². The molecular formula is C9H10N2S. The Morgan fingerprint density at radius 1 is 1.33 bits per heavy atom. The Balaban J connectivity index is 2.75. The first kappa shape index (κ1) is 7.58. The number of hydrogen-bond donors (Lipinski definition) is 2. The number of anilines is 1. The minimum atomic E-state index is 0.587. The molecule has 0 unspecified atom stereocenters. The van der Waals surface area contributed by atoms with Gasteiger partial charge in [-0.15, -0.1) is 11.3 Å². The van der Waals surface area contributed by atoms with Crippen LogP contribution in [0, 0.1) is 0 Å². The summed E-state index contributed by atoms with van der Waals surface area (Å²) in [5, 5.41) is 3.28. The summed E-state index contributed by atoms with van der Waals surface area (Å²) < 4.78 is 1.25. The van der Waals surface area contributed by atoms with Crippen molar-refractivity contribution >= 4 is 27.1 Å². The number of nitrogen functional groups attached to an aromatic ring is 1. The van der Waals surface area contributed by atoms with Crippen molar-refractivity contribution in [2.45, 2.75) is 6.54 Å². The Morgan fingerprint density at radius 3 is 2.92 bits per heavy atom. The van der Waals surface area contributed by atoms with Gasteiger partial charge in [0.05, 0.1) is 0 Å². The number of thiophene rings is 1. The van der Waals surface area contributed by atoms with Gasteiger partial charge in [0.25, 0.3) is 0 Å². The van der Waals surface area contributed by atoms with E-state index in [1.54, 1.807) is 11.3 Å². The molecule has 0 amide bonds. The van der Waals surface area contributed by atoms with Crippen LogP contribution in [0.1, 0.15) is 5.56 Å². The van der Waals surface area contributed by atoms with Crippen LogP contribution in [0.3, 0.4) is 0 Å². The van der Waals surface area contributed by atoms with Crippen LogP contribution in [0.5, 0.6) is 0 Å². The summed E-state index contributed by atoms with van der Waals surface area (Å²) in [6.45, 7) is 0.587. The van der Waals surface area contributed by atoms with Crippen LogP contribution in [-0.4, -0.2) is 0 Å². The summed E-state index contributed by atoms with van der Waals surface area (Å²) in [5.74, 6) is 0. The lowest BCUT2D eigenvalue weighted by atomic mass is 10.1. The highest BCUT2D eigenvalue weighted by atomic mass is 32.1. The highest BCUT2D eigenvalue weighted by molar-refractivity contribution is 7.17. The number of benzene rings is 1. The third kappa shape index (κ3) is 1.07. The van der Waals surface area contributed by atoms with Gasteiger partial charge < -0.3 is 11.5 Å². The molecule has 1 aromatic heterocycles. The van der Waals surface area contributed by atoms with Crippen molar-refractivity contribution < 1.29 is 0 Å². The second-order valence-corrected chi connectivity index (χ2v) is 3.63. The quantitative estimate of drug-likeness (QED) is 0.656. The largest absolute Gasteiger partial charge is 0.399 e. The molecule has 0 saturated carbocycles. The first-order valence-electron chi connectivity index (χ1n) is 3.77. The minimum Gasteiger partial charge on any atom is -0.399 e. The molecule has 0 radical (unpaired) electrons. The highest BCUT2D eigenvalue weighted by Gasteiger charge is 2.01. The maximum Gasteiger partial charge on any atom is 0.0347 e. The van der Waals surface area contributed by atoms with Crippen molar-refractivity contribution in [2.24, 2.45) is 5.73 Å². The molecule has 0 fully saturated rings. The summed E-state index contributed by atoms with van der Waals surface area (Å²) in [6, 6.07) is 5.93. The van der Waals surface area contributed by atoms with E-state index >= 15 is 0 Å². The Labute approximate surface area is 74.8 Å². The van der Waals surface area contributed by atoms with E-state index in [0.29, 0.717) is 6.54 Å². The third-order valence-corrected chi connectivity index (χ3v) is 2.91. The first-order chi connectivity index (χ1) is 5.81. The van der Waals surface area contributed by atoms with E-state index in [0.717, 1.165) is 5.69 Å². The molecule has 0 bridgehead atoms. The second-order valence-electron chi connectivity index (χ2n) is 2.72. The number of rotatable bonds is 1. The van der Waals surface area contributed by atoms with E-state index < -0.39 is 0 Å². The topological polar surface area (TPSA) is 52.0 Å². The SMILES string of the molecule is NCc1csc2ccc(N)cc12. The maximum absolute atomic E-state index is 5.67. The number of nitrogens with two attached hydrogens (primary N) is 2. The number of fused-ring (bicyclic) bond motifs is 1. The van der Waals surface area contributed by atoms with E-state index in [9.17, 15) is 0 Å². The van der Waals surface area contributed by atoms with Gasteiger partial charge in [-0.25, -0.2) is 0 Å². The molecule has 62 valence electrons. The van der Waals surface area contributed by atoms with E-state index in [1.807, 2.05) is 18.2 Å². The average Bonchev–Trinajstić information content (AvgIpc) is 2.46. The lowest BCUT2D eigenvalue weighted by molar-refractivity contribution is 1.09. The zero-order valence-electron chi connectivity index (χ0n) is 6.58. The summed E-state index contributed by atoms with van der Waals surface area (Å²) in [6.07, 6.45) is 0. The van der Waals surface area contributed by atoms with Gasteiger partial charge in [-0.05, 0) is 34.5 Å². The molecule has 0 aliphatic heterocycles. The van der Waals surface area contributed by atoms with Gasteiger partial charge in [0.15, 0.2) is 0 Å². The molecule has 2 rings (SSSR count). The molecule has 0 aliphatic carbocycles. The van der Waals surface area contributed by atoms with E-state index in [4.69, 9.17) is 11.5 Å². The third-order valence-electron chi connectivity index (χ3n) is 1.90. The van der Waals surface area contributed by atoms with Gasteiger partial charge in [-0.1, -0.05) is 0 Å². The standard InChI is InChI=1S/C9H10N2S/c10-4-6-5-12-9-2-1-7(11)3-8(6)9/h1-3,5H,4,10-11H2. The fourth-order valence-corrected chi connectivity index (χ4v) is 2.21. The van der Waals surface area contributed by atoms with Crippen LogP contribution < -0.4 is 11.5 Å². The zero-order chi connectivity index (χ0) is 8.55. The molecule has 12 heavy (non-hydrogen) atoms. The van der Waals surface area contributed by atoms with Crippen LogP contribution in [-0.2, 0) is 6.54 Å². The summed E-state index contributed by atoms with van der Waals surface area (Å²) in [5.41, 5.74) is 13.2. The monoisotopic (exact) mass is 178 g/mol. The van der Waals surface area contributed by atoms with Gasteiger partial charge in [0.2, 0.25) is 0 Å². The van der Waals surface area contributed by atoms with Gasteiger partial charge in [0, 0.05) is 16.9 Å². The van der Waals surface area contributed by atoms with Crippen molar-refractivity contribution in [3.63, 3.8) is 0 Å². The second kappa shape index (κ2) is 2.77. The van der Waals surface area contributed by atoms with E-state index in [-0.39, 0.29) is 0 Å². The average molecular weight is 178 g/mol. The van der Waals surface area contributed by atoms with E-state index in [2.05, 4.69) is 5.38 Å². The molecule has 0 atom stereocenters. The van der Waals surface area contributed by atoms with Gasteiger partial charge in [-0.3, -0.25) is 0 Å². The van der Waals surface area contributed by atoms with Crippen LogP contribution in [0.4, 0.5) is 5.69 Å². The molecule has 1 aromatic carbocycles. The predicted molar refractivity (Wildman–Crippen MR) is 54.1 cm³/mol. The predicted octanol–water partition coefficient (Wildman–Crippen LogP) is 1.94. The normalized spacial score (nSPS) is 10.8. The fourth-order valence-electron chi connectivity index (χ4n) is 1.26. The minimum absolute atomic E-state index is 0.587.